The smallest absolute Gasteiger partial charge is 0.323 e. The van der Waals surface area contributed by atoms with Crippen molar-refractivity contribution in [2.75, 3.05) is 26.7 Å². The number of likely N-dealkylation sites (tertiary alicyclic amines) is 1. The van der Waals surface area contributed by atoms with E-state index in [1.165, 1.54) is 7.11 Å². The molecule has 0 bridgehead atoms. The quantitative estimate of drug-likeness (QED) is 0.695. The average Bonchev–Trinajstić information content (AvgIpc) is 2.38. The minimum Gasteiger partial charge on any atom is -0.468 e. The molecule has 19 heavy (non-hydrogen) atoms. The Morgan fingerprint density at radius 2 is 2.05 bits per heavy atom. The highest BCUT2D eigenvalue weighted by molar-refractivity contribution is 5.95. The highest BCUT2D eigenvalue weighted by atomic mass is 16.5. The van der Waals surface area contributed by atoms with Gasteiger partial charge in [0.15, 0.2) is 0 Å². The van der Waals surface area contributed by atoms with E-state index in [0.29, 0.717) is 19.5 Å². The maximum absolute atomic E-state index is 11.7. The van der Waals surface area contributed by atoms with Gasteiger partial charge in [-0.2, -0.15) is 0 Å². The predicted molar refractivity (Wildman–Crippen MR) is 68.4 cm³/mol. The molecule has 0 saturated carbocycles. The van der Waals surface area contributed by atoms with Crippen LogP contribution >= 0.6 is 0 Å². The summed E-state index contributed by atoms with van der Waals surface area (Å²) in [6.07, 6.45) is 2.55. The van der Waals surface area contributed by atoms with Gasteiger partial charge in [-0.3, -0.25) is 19.8 Å². The Hall–Kier alpha value is -1.63. The van der Waals surface area contributed by atoms with Crippen molar-refractivity contribution in [3.8, 4) is 0 Å². The second kappa shape index (κ2) is 7.73. The maximum Gasteiger partial charge on any atom is 0.323 e. The zero-order chi connectivity index (χ0) is 14.3. The number of urea groups is 1. The fraction of sp³-hybridized carbons (Fsp3) is 0.750. The van der Waals surface area contributed by atoms with Gasteiger partial charge in [0.05, 0.1) is 13.7 Å². The normalized spacial score (nSPS) is 19.6. The summed E-state index contributed by atoms with van der Waals surface area (Å²) in [6, 6.07) is -0.905. The van der Waals surface area contributed by atoms with Crippen LogP contribution in [0, 0.1) is 0 Å². The van der Waals surface area contributed by atoms with Crippen molar-refractivity contribution >= 4 is 17.9 Å². The lowest BCUT2D eigenvalue weighted by Gasteiger charge is -2.32. The summed E-state index contributed by atoms with van der Waals surface area (Å²) >= 11 is 0. The van der Waals surface area contributed by atoms with Crippen molar-refractivity contribution in [2.24, 2.45) is 0 Å². The summed E-state index contributed by atoms with van der Waals surface area (Å²) < 4.78 is 4.73. The molecule has 1 fully saturated rings. The number of piperidine rings is 1. The lowest BCUT2D eigenvalue weighted by molar-refractivity contribution is -0.148. The van der Waals surface area contributed by atoms with Crippen molar-refractivity contribution in [1.82, 2.24) is 15.5 Å². The van der Waals surface area contributed by atoms with Crippen molar-refractivity contribution in [3.63, 3.8) is 0 Å². The summed E-state index contributed by atoms with van der Waals surface area (Å²) in [7, 11) is 1.34. The highest BCUT2D eigenvalue weighted by Gasteiger charge is 2.30. The van der Waals surface area contributed by atoms with E-state index in [1.807, 2.05) is 0 Å². The number of imide groups is 1. The van der Waals surface area contributed by atoms with Crippen LogP contribution in [-0.4, -0.2) is 55.6 Å². The van der Waals surface area contributed by atoms with E-state index in [4.69, 9.17) is 4.74 Å². The Morgan fingerprint density at radius 1 is 1.32 bits per heavy atom. The summed E-state index contributed by atoms with van der Waals surface area (Å²) in [5, 5.41) is 4.70. The third-order valence-electron chi connectivity index (χ3n) is 3.02. The topological polar surface area (TPSA) is 87.7 Å². The number of hydrogen-bond acceptors (Lipinski definition) is 5. The highest BCUT2D eigenvalue weighted by Crippen LogP contribution is 2.17. The molecule has 108 valence electrons. The van der Waals surface area contributed by atoms with E-state index in [0.717, 1.165) is 12.8 Å². The number of ether oxygens (including phenoxy) is 1. The zero-order valence-electron chi connectivity index (χ0n) is 11.4. The van der Waals surface area contributed by atoms with Crippen LogP contribution in [0.3, 0.4) is 0 Å². The predicted octanol–water partition coefficient (Wildman–Crippen LogP) is -0.140. The molecule has 1 saturated heterocycles. The fourth-order valence-electron chi connectivity index (χ4n) is 2.14. The standard InChI is InChI=1S/C12H21N3O4/c1-3-13-12(18)14-10(16)8-15-7-5-4-6-9(15)11(17)19-2/h9H,3-8H2,1-2H3,(H2,13,14,16,18)/t9-/m1/s1. The monoisotopic (exact) mass is 271 g/mol. The molecule has 1 aliphatic heterocycles. The molecule has 2 N–H and O–H groups in total. The Balaban J connectivity index is 2.50. The molecule has 0 unspecified atom stereocenters. The van der Waals surface area contributed by atoms with Gasteiger partial charge in [-0.15, -0.1) is 0 Å². The lowest BCUT2D eigenvalue weighted by Crippen LogP contribution is -2.51. The zero-order valence-corrected chi connectivity index (χ0v) is 11.4. The second-order valence-corrected chi connectivity index (χ2v) is 4.41. The number of esters is 1. The number of carbonyl (C=O) groups excluding carboxylic acids is 3. The van der Waals surface area contributed by atoms with E-state index < -0.39 is 18.0 Å². The van der Waals surface area contributed by atoms with Crippen molar-refractivity contribution in [2.45, 2.75) is 32.2 Å². The van der Waals surface area contributed by atoms with Crippen LogP contribution in [0.5, 0.6) is 0 Å². The van der Waals surface area contributed by atoms with E-state index in [1.54, 1.807) is 11.8 Å². The minimum atomic E-state index is -0.515. The molecule has 0 radical (unpaired) electrons. The van der Waals surface area contributed by atoms with E-state index in [9.17, 15) is 14.4 Å². The molecule has 0 aromatic rings. The van der Waals surface area contributed by atoms with Crippen molar-refractivity contribution in [1.29, 1.82) is 0 Å². The lowest BCUT2D eigenvalue weighted by atomic mass is 10.0. The summed E-state index contributed by atoms with van der Waals surface area (Å²) in [4.78, 5) is 36.3. The average molecular weight is 271 g/mol. The molecule has 0 aromatic heterocycles. The first-order chi connectivity index (χ1) is 9.08. The Labute approximate surface area is 112 Å². The molecule has 0 aromatic carbocycles. The molecule has 1 aliphatic rings. The number of carbonyl (C=O) groups is 3. The first kappa shape index (κ1) is 15.4. The molecular weight excluding hydrogens is 250 g/mol. The van der Waals surface area contributed by atoms with Crippen LogP contribution in [0.4, 0.5) is 4.79 Å². The van der Waals surface area contributed by atoms with Gasteiger partial charge in [-0.25, -0.2) is 4.79 Å². The SMILES string of the molecule is CCNC(=O)NC(=O)CN1CCCC[C@@H]1C(=O)OC. The van der Waals surface area contributed by atoms with Gasteiger partial charge in [0.2, 0.25) is 5.91 Å². The van der Waals surface area contributed by atoms with Gasteiger partial charge in [-0.1, -0.05) is 6.42 Å². The van der Waals surface area contributed by atoms with Crippen LogP contribution in [0.25, 0.3) is 0 Å². The largest absolute Gasteiger partial charge is 0.468 e. The van der Waals surface area contributed by atoms with Gasteiger partial charge >= 0.3 is 12.0 Å². The Bertz CT molecular complexity index is 346. The molecule has 7 nitrogen and oxygen atoms in total. The van der Waals surface area contributed by atoms with E-state index in [2.05, 4.69) is 10.6 Å². The number of nitrogens with zero attached hydrogens (tertiary/aromatic N) is 1. The molecular formula is C12H21N3O4. The molecule has 1 rings (SSSR count). The van der Waals surface area contributed by atoms with Gasteiger partial charge in [0.25, 0.3) is 0 Å². The summed E-state index contributed by atoms with van der Waals surface area (Å²) in [5.74, 6) is -0.743. The number of nitrogens with one attached hydrogen (secondary N) is 2. The molecule has 0 spiro atoms. The van der Waals surface area contributed by atoms with Gasteiger partial charge < -0.3 is 10.1 Å². The number of methoxy groups -OCH3 is 1. The van der Waals surface area contributed by atoms with Gasteiger partial charge in [0.1, 0.15) is 6.04 Å². The van der Waals surface area contributed by atoms with Crippen LogP contribution in [-0.2, 0) is 14.3 Å². The van der Waals surface area contributed by atoms with Gasteiger partial charge in [-0.05, 0) is 26.3 Å². The molecule has 0 aliphatic carbocycles. The molecule has 1 heterocycles. The van der Waals surface area contributed by atoms with E-state index in [-0.39, 0.29) is 12.5 Å². The fourth-order valence-corrected chi connectivity index (χ4v) is 2.14. The maximum atomic E-state index is 11.7. The minimum absolute atomic E-state index is 0.0247. The van der Waals surface area contributed by atoms with Crippen LogP contribution in [0.2, 0.25) is 0 Å². The second-order valence-electron chi connectivity index (χ2n) is 4.41. The molecule has 7 heteroatoms. The number of amides is 3. The summed E-state index contributed by atoms with van der Waals surface area (Å²) in [6.45, 7) is 2.90. The number of rotatable bonds is 4. The molecule has 3 amide bonds. The van der Waals surface area contributed by atoms with E-state index >= 15 is 0 Å². The first-order valence-electron chi connectivity index (χ1n) is 6.48. The Morgan fingerprint density at radius 3 is 2.68 bits per heavy atom. The van der Waals surface area contributed by atoms with Crippen molar-refractivity contribution in [3.05, 3.63) is 0 Å². The third-order valence-corrected chi connectivity index (χ3v) is 3.02. The Kier molecular flexibility index (Phi) is 6.27. The van der Waals surface area contributed by atoms with Gasteiger partial charge in [0, 0.05) is 6.54 Å². The molecule has 1 atom stereocenters. The first-order valence-corrected chi connectivity index (χ1v) is 6.48. The van der Waals surface area contributed by atoms with Crippen LogP contribution < -0.4 is 10.6 Å². The van der Waals surface area contributed by atoms with Crippen molar-refractivity contribution < 1.29 is 19.1 Å². The summed E-state index contributed by atoms with van der Waals surface area (Å²) in [5.41, 5.74) is 0. The van der Waals surface area contributed by atoms with Crippen LogP contribution in [0.1, 0.15) is 26.2 Å². The number of hydrogen-bond donors (Lipinski definition) is 2. The third kappa shape index (κ3) is 4.86. The van der Waals surface area contributed by atoms with Crippen LogP contribution in [0.15, 0.2) is 0 Å².